The lowest BCUT2D eigenvalue weighted by Crippen LogP contribution is -2.34. The molecule has 2 heterocycles. The highest BCUT2D eigenvalue weighted by Crippen LogP contribution is 2.45. The molecule has 0 aliphatic carbocycles. The number of hydrogen-bond acceptors (Lipinski definition) is 2. The summed E-state index contributed by atoms with van der Waals surface area (Å²) in [7, 11) is 0. The Morgan fingerprint density at radius 2 is 2.25 bits per heavy atom. The molecule has 1 N–H and O–H groups in total. The summed E-state index contributed by atoms with van der Waals surface area (Å²) in [6, 6.07) is 6.87. The lowest BCUT2D eigenvalue weighted by molar-refractivity contribution is 0.0857. The summed E-state index contributed by atoms with van der Waals surface area (Å²) in [6.45, 7) is 5.31. The summed E-state index contributed by atoms with van der Waals surface area (Å²) in [5, 5.41) is 4.59. The highest BCUT2D eigenvalue weighted by molar-refractivity contribution is 6.31. The minimum Gasteiger partial charge on any atom is -0.375 e. The molecule has 1 aromatic carbocycles. The molecule has 4 unspecified atom stereocenters. The van der Waals surface area contributed by atoms with Crippen LogP contribution < -0.4 is 5.32 Å². The molecule has 0 amide bonds. The van der Waals surface area contributed by atoms with E-state index in [0.717, 1.165) is 23.6 Å². The van der Waals surface area contributed by atoms with Gasteiger partial charge in [0.2, 0.25) is 0 Å². The Kier molecular flexibility index (Phi) is 4.34. The summed E-state index contributed by atoms with van der Waals surface area (Å²) in [5.74, 6) is 0.596. The number of ether oxygens (including phenoxy) is 1. The highest BCUT2D eigenvalue weighted by atomic mass is 35.5. The first kappa shape index (κ1) is 14.4. The Bertz CT molecular complexity index is 476. The van der Waals surface area contributed by atoms with Gasteiger partial charge in [-0.3, -0.25) is 0 Å². The van der Waals surface area contributed by atoms with Crippen molar-refractivity contribution in [3.63, 3.8) is 0 Å². The standard InChI is InChI=1S/C17H24ClNO/c1-3-8-19-17(12-5-4-11(2)15(18)9-12)14-10-13-6-7-16(14)20-13/h4-5,9,13-14,16-17,19H,3,6-8,10H2,1-2H3. The molecule has 0 radical (unpaired) electrons. The third-order valence-corrected chi connectivity index (χ3v) is 5.16. The molecule has 110 valence electrons. The van der Waals surface area contributed by atoms with Gasteiger partial charge in [-0.25, -0.2) is 0 Å². The fraction of sp³-hybridized carbons (Fsp3) is 0.647. The molecule has 2 aliphatic rings. The van der Waals surface area contributed by atoms with Gasteiger partial charge in [-0.05, 0) is 56.3 Å². The third kappa shape index (κ3) is 2.74. The van der Waals surface area contributed by atoms with E-state index in [-0.39, 0.29) is 0 Å². The van der Waals surface area contributed by atoms with Gasteiger partial charge < -0.3 is 10.1 Å². The zero-order valence-corrected chi connectivity index (χ0v) is 13.1. The first-order valence-electron chi connectivity index (χ1n) is 7.84. The Hall–Kier alpha value is -0.570. The largest absolute Gasteiger partial charge is 0.375 e. The molecular formula is C17H24ClNO. The van der Waals surface area contributed by atoms with E-state index in [0.29, 0.717) is 24.2 Å². The minimum atomic E-state index is 0.378. The van der Waals surface area contributed by atoms with E-state index in [1.807, 2.05) is 0 Å². The van der Waals surface area contributed by atoms with Gasteiger partial charge in [0, 0.05) is 17.0 Å². The van der Waals surface area contributed by atoms with Crippen LogP contribution in [0.4, 0.5) is 0 Å². The van der Waals surface area contributed by atoms with E-state index >= 15 is 0 Å². The number of hydrogen-bond donors (Lipinski definition) is 1. The second kappa shape index (κ2) is 6.05. The molecule has 3 heteroatoms. The molecule has 2 aliphatic heterocycles. The molecular weight excluding hydrogens is 270 g/mol. The topological polar surface area (TPSA) is 21.3 Å². The number of rotatable bonds is 5. The van der Waals surface area contributed by atoms with Crippen LogP contribution in [-0.2, 0) is 4.74 Å². The lowest BCUT2D eigenvalue weighted by Gasteiger charge is -2.30. The second-order valence-electron chi connectivity index (χ2n) is 6.21. The third-order valence-electron chi connectivity index (χ3n) is 4.75. The fourth-order valence-electron chi connectivity index (χ4n) is 3.65. The second-order valence-corrected chi connectivity index (χ2v) is 6.62. The average Bonchev–Trinajstić information content (AvgIpc) is 3.06. The maximum absolute atomic E-state index is 6.32. The van der Waals surface area contributed by atoms with E-state index in [9.17, 15) is 0 Å². The zero-order valence-electron chi connectivity index (χ0n) is 12.4. The minimum absolute atomic E-state index is 0.378. The SMILES string of the molecule is CCCNC(c1ccc(C)c(Cl)c1)C1CC2CCC1O2. The average molecular weight is 294 g/mol. The molecule has 0 aromatic heterocycles. The van der Waals surface area contributed by atoms with Crippen molar-refractivity contribution in [1.29, 1.82) is 0 Å². The molecule has 2 fully saturated rings. The van der Waals surface area contributed by atoms with Gasteiger partial charge in [0.15, 0.2) is 0 Å². The molecule has 20 heavy (non-hydrogen) atoms. The maximum atomic E-state index is 6.32. The maximum Gasteiger partial charge on any atom is 0.0627 e. The van der Waals surface area contributed by atoms with Crippen LogP contribution in [0.2, 0.25) is 5.02 Å². The first-order valence-corrected chi connectivity index (χ1v) is 8.21. The summed E-state index contributed by atoms with van der Waals surface area (Å²) in [4.78, 5) is 0. The summed E-state index contributed by atoms with van der Waals surface area (Å²) in [5.41, 5.74) is 2.46. The van der Waals surface area contributed by atoms with Crippen molar-refractivity contribution in [2.75, 3.05) is 6.54 Å². The Balaban J connectivity index is 1.83. The predicted molar refractivity (Wildman–Crippen MR) is 83.2 cm³/mol. The van der Waals surface area contributed by atoms with Crippen LogP contribution in [0.15, 0.2) is 18.2 Å². The lowest BCUT2D eigenvalue weighted by atomic mass is 9.81. The molecule has 0 saturated carbocycles. The molecule has 2 saturated heterocycles. The van der Waals surface area contributed by atoms with Gasteiger partial charge in [0.05, 0.1) is 12.2 Å². The number of halogens is 1. The van der Waals surface area contributed by atoms with Gasteiger partial charge >= 0.3 is 0 Å². The van der Waals surface area contributed by atoms with Crippen LogP contribution in [0.5, 0.6) is 0 Å². The molecule has 0 spiro atoms. The van der Waals surface area contributed by atoms with E-state index in [1.54, 1.807) is 0 Å². The smallest absolute Gasteiger partial charge is 0.0627 e. The van der Waals surface area contributed by atoms with Gasteiger partial charge in [0.25, 0.3) is 0 Å². The van der Waals surface area contributed by atoms with Gasteiger partial charge in [-0.15, -0.1) is 0 Å². The fourth-order valence-corrected chi connectivity index (χ4v) is 3.84. The van der Waals surface area contributed by atoms with Crippen LogP contribution in [-0.4, -0.2) is 18.8 Å². The van der Waals surface area contributed by atoms with Crippen molar-refractivity contribution in [2.45, 2.75) is 57.8 Å². The normalized spacial score (nSPS) is 29.9. The predicted octanol–water partition coefficient (Wildman–Crippen LogP) is 4.26. The van der Waals surface area contributed by atoms with Crippen LogP contribution in [0.1, 0.15) is 49.8 Å². The Morgan fingerprint density at radius 1 is 1.40 bits per heavy atom. The number of nitrogens with one attached hydrogen (secondary N) is 1. The van der Waals surface area contributed by atoms with Gasteiger partial charge in [-0.1, -0.05) is 30.7 Å². The summed E-state index contributed by atoms with van der Waals surface area (Å²) >= 11 is 6.32. The van der Waals surface area contributed by atoms with Crippen LogP contribution in [0, 0.1) is 12.8 Å². The Morgan fingerprint density at radius 3 is 2.85 bits per heavy atom. The molecule has 4 atom stereocenters. The molecule has 1 aromatic rings. The zero-order chi connectivity index (χ0) is 14.1. The van der Waals surface area contributed by atoms with Crippen LogP contribution >= 0.6 is 11.6 Å². The molecule has 2 bridgehead atoms. The van der Waals surface area contributed by atoms with E-state index < -0.39 is 0 Å². The van der Waals surface area contributed by atoms with Crippen molar-refractivity contribution < 1.29 is 4.74 Å². The quantitative estimate of drug-likeness (QED) is 0.876. The van der Waals surface area contributed by atoms with Crippen molar-refractivity contribution in [2.24, 2.45) is 5.92 Å². The van der Waals surface area contributed by atoms with Gasteiger partial charge in [-0.2, -0.15) is 0 Å². The van der Waals surface area contributed by atoms with Crippen LogP contribution in [0.25, 0.3) is 0 Å². The van der Waals surface area contributed by atoms with Crippen LogP contribution in [0.3, 0.4) is 0 Å². The summed E-state index contributed by atoms with van der Waals surface area (Å²) in [6.07, 6.45) is 5.75. The highest BCUT2D eigenvalue weighted by Gasteiger charge is 2.44. The van der Waals surface area contributed by atoms with E-state index in [2.05, 4.69) is 37.4 Å². The first-order chi connectivity index (χ1) is 9.69. The molecule has 3 rings (SSSR count). The number of aryl methyl sites for hydroxylation is 1. The van der Waals surface area contributed by atoms with E-state index in [4.69, 9.17) is 16.3 Å². The van der Waals surface area contributed by atoms with E-state index in [1.165, 1.54) is 24.8 Å². The van der Waals surface area contributed by atoms with Crippen molar-refractivity contribution in [3.8, 4) is 0 Å². The van der Waals surface area contributed by atoms with Crippen molar-refractivity contribution >= 4 is 11.6 Å². The number of fused-ring (bicyclic) bond motifs is 2. The Labute approximate surface area is 126 Å². The summed E-state index contributed by atoms with van der Waals surface area (Å²) < 4.78 is 6.05. The number of benzene rings is 1. The monoisotopic (exact) mass is 293 g/mol. The van der Waals surface area contributed by atoms with Crippen molar-refractivity contribution in [3.05, 3.63) is 34.3 Å². The van der Waals surface area contributed by atoms with Gasteiger partial charge in [0.1, 0.15) is 0 Å². The molecule has 2 nitrogen and oxygen atoms in total. The van der Waals surface area contributed by atoms with Crippen molar-refractivity contribution in [1.82, 2.24) is 5.32 Å².